The van der Waals surface area contributed by atoms with Crippen LogP contribution in [0.1, 0.15) is 19.0 Å². The van der Waals surface area contributed by atoms with Crippen molar-refractivity contribution in [2.75, 3.05) is 5.73 Å². The molecule has 2 aromatic rings. The molecule has 90 valence electrons. The van der Waals surface area contributed by atoms with Gasteiger partial charge in [0, 0.05) is 0 Å². The van der Waals surface area contributed by atoms with Crippen LogP contribution in [0.5, 0.6) is 0 Å². The Morgan fingerprint density at radius 2 is 2.12 bits per heavy atom. The van der Waals surface area contributed by atoms with Crippen LogP contribution < -0.4 is 5.73 Å². The molecule has 0 aliphatic heterocycles. The van der Waals surface area contributed by atoms with Crippen molar-refractivity contribution in [3.63, 3.8) is 0 Å². The van der Waals surface area contributed by atoms with Gasteiger partial charge in [-0.15, -0.1) is 5.10 Å². The lowest BCUT2D eigenvalue weighted by atomic mass is 10.2. The van der Waals surface area contributed by atoms with E-state index in [9.17, 15) is 0 Å². The Morgan fingerprint density at radius 3 is 2.82 bits per heavy atom. The third-order valence-electron chi connectivity index (χ3n) is 2.44. The molecule has 0 aliphatic carbocycles. The summed E-state index contributed by atoms with van der Waals surface area (Å²) in [6.07, 6.45) is 1.75. The second kappa shape index (κ2) is 4.94. The Kier molecular flexibility index (Phi) is 3.54. The van der Waals surface area contributed by atoms with Gasteiger partial charge < -0.3 is 5.73 Å². The van der Waals surface area contributed by atoms with Crippen LogP contribution in [0.2, 0.25) is 10.0 Å². The Morgan fingerprint density at radius 1 is 1.35 bits per heavy atom. The van der Waals surface area contributed by atoms with E-state index in [2.05, 4.69) is 17.2 Å². The number of aromatic nitrogens is 3. The second-order valence-electron chi connectivity index (χ2n) is 3.66. The van der Waals surface area contributed by atoms with Gasteiger partial charge in [0.2, 0.25) is 0 Å². The third-order valence-corrected chi connectivity index (χ3v) is 3.25. The van der Waals surface area contributed by atoms with E-state index in [1.54, 1.807) is 10.7 Å². The molecule has 0 unspecified atom stereocenters. The molecule has 2 N–H and O–H groups in total. The van der Waals surface area contributed by atoms with Crippen molar-refractivity contribution in [3.05, 3.63) is 33.9 Å². The van der Waals surface area contributed by atoms with Crippen LogP contribution in [0.25, 0.3) is 5.69 Å². The molecular formula is C11H12Cl2N4. The van der Waals surface area contributed by atoms with Gasteiger partial charge in [0.1, 0.15) is 0 Å². The maximum absolute atomic E-state index is 6.15. The van der Waals surface area contributed by atoms with E-state index < -0.39 is 0 Å². The molecule has 0 atom stereocenters. The second-order valence-corrected chi connectivity index (χ2v) is 4.44. The molecule has 6 heteroatoms. The summed E-state index contributed by atoms with van der Waals surface area (Å²) in [6.45, 7) is 2.07. The van der Waals surface area contributed by atoms with Gasteiger partial charge in [-0.05, 0) is 18.6 Å². The summed E-state index contributed by atoms with van der Waals surface area (Å²) in [6, 6.07) is 5.38. The fraction of sp³-hybridized carbons (Fsp3) is 0.273. The molecule has 0 saturated carbocycles. The van der Waals surface area contributed by atoms with Gasteiger partial charge in [0.15, 0.2) is 5.82 Å². The average Bonchev–Trinajstić information content (AvgIpc) is 2.66. The molecule has 4 nitrogen and oxygen atoms in total. The third kappa shape index (κ3) is 2.23. The van der Waals surface area contributed by atoms with E-state index in [-0.39, 0.29) is 0 Å². The summed E-state index contributed by atoms with van der Waals surface area (Å²) < 4.78 is 1.65. The fourth-order valence-corrected chi connectivity index (χ4v) is 2.01. The number of nitrogen functional groups attached to an aromatic ring is 1. The molecule has 0 saturated heterocycles. The van der Waals surface area contributed by atoms with Gasteiger partial charge >= 0.3 is 0 Å². The molecule has 2 rings (SSSR count). The van der Waals surface area contributed by atoms with E-state index in [4.69, 9.17) is 28.9 Å². The predicted octanol–water partition coefficient (Wildman–Crippen LogP) is 3.11. The molecule has 0 bridgehead atoms. The molecule has 0 radical (unpaired) electrons. The summed E-state index contributed by atoms with van der Waals surface area (Å²) in [5.74, 6) is 0.433. The van der Waals surface area contributed by atoms with Crippen molar-refractivity contribution in [1.29, 1.82) is 0 Å². The smallest absolute Gasteiger partial charge is 0.169 e. The normalized spacial score (nSPS) is 10.8. The Hall–Kier alpha value is -1.26. The molecular weight excluding hydrogens is 259 g/mol. The van der Waals surface area contributed by atoms with Gasteiger partial charge in [-0.25, -0.2) is 4.68 Å². The van der Waals surface area contributed by atoms with Crippen LogP contribution in [0.3, 0.4) is 0 Å². The Bertz CT molecular complexity index is 536. The van der Waals surface area contributed by atoms with Crippen molar-refractivity contribution >= 4 is 29.0 Å². The lowest BCUT2D eigenvalue weighted by Crippen LogP contribution is -2.04. The largest absolute Gasteiger partial charge is 0.381 e. The van der Waals surface area contributed by atoms with Crippen LogP contribution in [0.4, 0.5) is 5.82 Å². The van der Waals surface area contributed by atoms with Gasteiger partial charge in [0.05, 0.1) is 21.4 Å². The zero-order valence-electron chi connectivity index (χ0n) is 9.32. The summed E-state index contributed by atoms with van der Waals surface area (Å²) in [5, 5.41) is 8.82. The highest BCUT2D eigenvalue weighted by molar-refractivity contribution is 6.43. The molecule has 0 aliphatic rings. The topological polar surface area (TPSA) is 56.7 Å². The highest BCUT2D eigenvalue weighted by atomic mass is 35.5. The van der Waals surface area contributed by atoms with E-state index in [1.807, 2.05) is 12.1 Å². The SMILES string of the molecule is CCCc1c(N)nnn1-c1cccc(Cl)c1Cl. The maximum atomic E-state index is 6.15. The van der Waals surface area contributed by atoms with Gasteiger partial charge in [-0.2, -0.15) is 0 Å². The molecule has 17 heavy (non-hydrogen) atoms. The monoisotopic (exact) mass is 270 g/mol. The van der Waals surface area contributed by atoms with Gasteiger partial charge in [-0.1, -0.05) is 47.8 Å². The van der Waals surface area contributed by atoms with Crippen LogP contribution in [0, 0.1) is 0 Å². The number of hydrogen-bond acceptors (Lipinski definition) is 3. The first-order valence-electron chi connectivity index (χ1n) is 5.29. The summed E-state index contributed by atoms with van der Waals surface area (Å²) in [4.78, 5) is 0. The zero-order valence-corrected chi connectivity index (χ0v) is 10.8. The number of halogens is 2. The van der Waals surface area contributed by atoms with Crippen LogP contribution in [-0.2, 0) is 6.42 Å². The van der Waals surface area contributed by atoms with Gasteiger partial charge in [-0.3, -0.25) is 0 Å². The number of nitrogens with two attached hydrogens (primary N) is 1. The van der Waals surface area contributed by atoms with Crippen molar-refractivity contribution in [1.82, 2.24) is 15.0 Å². The number of nitrogens with zero attached hydrogens (tertiary/aromatic N) is 3. The van der Waals surface area contributed by atoms with Crippen molar-refractivity contribution in [2.45, 2.75) is 19.8 Å². The maximum Gasteiger partial charge on any atom is 0.169 e. The zero-order chi connectivity index (χ0) is 12.4. The van der Waals surface area contributed by atoms with Crippen LogP contribution in [-0.4, -0.2) is 15.0 Å². The standard InChI is InChI=1S/C11H12Cl2N4/c1-2-4-9-11(14)15-16-17(9)8-6-3-5-7(12)10(8)13/h3,5-6H,2,4,14H2,1H3. The number of hydrogen-bond donors (Lipinski definition) is 1. The van der Waals surface area contributed by atoms with E-state index in [0.717, 1.165) is 18.5 Å². The Balaban J connectivity index is 2.56. The molecule has 1 aromatic heterocycles. The first kappa shape index (κ1) is 12.2. The van der Waals surface area contributed by atoms with Crippen molar-refractivity contribution < 1.29 is 0 Å². The Labute approximate surface area is 109 Å². The van der Waals surface area contributed by atoms with Crippen LogP contribution in [0.15, 0.2) is 18.2 Å². The minimum absolute atomic E-state index is 0.433. The molecule has 1 heterocycles. The molecule has 0 fully saturated rings. The number of anilines is 1. The molecule has 0 amide bonds. The number of benzene rings is 1. The minimum atomic E-state index is 0.433. The first-order valence-corrected chi connectivity index (χ1v) is 6.05. The van der Waals surface area contributed by atoms with E-state index >= 15 is 0 Å². The summed E-state index contributed by atoms with van der Waals surface area (Å²) in [7, 11) is 0. The fourth-order valence-electron chi connectivity index (χ4n) is 1.63. The summed E-state index contributed by atoms with van der Waals surface area (Å²) >= 11 is 12.1. The van der Waals surface area contributed by atoms with E-state index in [1.165, 1.54) is 0 Å². The van der Waals surface area contributed by atoms with E-state index in [0.29, 0.717) is 21.6 Å². The average molecular weight is 271 g/mol. The highest BCUT2D eigenvalue weighted by Crippen LogP contribution is 2.29. The molecule has 1 aromatic carbocycles. The summed E-state index contributed by atoms with van der Waals surface area (Å²) in [5.41, 5.74) is 7.34. The first-order chi connectivity index (χ1) is 8.15. The van der Waals surface area contributed by atoms with Crippen LogP contribution >= 0.6 is 23.2 Å². The van der Waals surface area contributed by atoms with Gasteiger partial charge in [0.25, 0.3) is 0 Å². The predicted molar refractivity (Wildman–Crippen MR) is 69.8 cm³/mol. The minimum Gasteiger partial charge on any atom is -0.381 e. The lowest BCUT2D eigenvalue weighted by molar-refractivity contribution is 0.746. The molecule has 0 spiro atoms. The lowest BCUT2D eigenvalue weighted by Gasteiger charge is -2.08. The highest BCUT2D eigenvalue weighted by Gasteiger charge is 2.14. The van der Waals surface area contributed by atoms with Crippen molar-refractivity contribution in [2.24, 2.45) is 0 Å². The number of rotatable bonds is 3. The van der Waals surface area contributed by atoms with Crippen molar-refractivity contribution in [3.8, 4) is 5.69 Å². The quantitative estimate of drug-likeness (QED) is 0.933.